The largest absolute Gasteiger partial charge is 0.468 e. The minimum Gasteiger partial charge on any atom is -0.468 e. The zero-order chi connectivity index (χ0) is 4.12. The molecule has 0 aromatic carbocycles. The molecule has 0 saturated carbocycles. The molecule has 0 aliphatic rings. The monoisotopic (exact) mass is 128 g/mol. The van der Waals surface area contributed by atoms with E-state index < -0.39 is 0 Å². The Morgan fingerprint density at radius 1 is 1.71 bits per heavy atom. The van der Waals surface area contributed by atoms with Crippen LogP contribution in [0.2, 0.25) is 0 Å². The third kappa shape index (κ3) is 26.8. The van der Waals surface area contributed by atoms with Crippen LogP contribution in [0, 0.1) is 0 Å². The third-order valence-corrected chi connectivity index (χ3v) is 0.235. The highest BCUT2D eigenvalue weighted by Crippen LogP contribution is 1.55. The van der Waals surface area contributed by atoms with Crippen molar-refractivity contribution in [2.45, 2.75) is 6.92 Å². The number of hydrogen-bond acceptors (Lipinski definition) is 2. The van der Waals surface area contributed by atoms with Gasteiger partial charge in [0.15, 0.2) is 0 Å². The zero-order valence-electron chi connectivity index (χ0n) is 4.01. The van der Waals surface area contributed by atoms with Gasteiger partial charge in [0.05, 0.1) is 6.61 Å². The van der Waals surface area contributed by atoms with Gasteiger partial charge in [0.2, 0.25) is 0 Å². The molecule has 0 radical (unpaired) electrons. The standard InChI is InChI=1S/C3H6O2.ClH.H2O/c1-2-5-3-4;;/h3H,2H2,1H3;1H;1H2. The smallest absolute Gasteiger partial charge is 0.293 e. The van der Waals surface area contributed by atoms with Gasteiger partial charge < -0.3 is 10.2 Å². The van der Waals surface area contributed by atoms with Crippen LogP contribution in [0.4, 0.5) is 0 Å². The number of carbonyl (C=O) groups excluding carboxylic acids is 1. The molecule has 0 aliphatic heterocycles. The number of ether oxygens (including phenoxy) is 1. The second-order valence-electron chi connectivity index (χ2n) is 0.552. The predicted octanol–water partition coefficient (Wildman–Crippen LogP) is -0.224. The Hall–Kier alpha value is -0.280. The van der Waals surface area contributed by atoms with E-state index in [1.54, 1.807) is 6.92 Å². The molecule has 0 aromatic heterocycles. The van der Waals surface area contributed by atoms with Crippen LogP contribution in [0.3, 0.4) is 0 Å². The van der Waals surface area contributed by atoms with Crippen molar-refractivity contribution < 1.29 is 15.0 Å². The summed E-state index contributed by atoms with van der Waals surface area (Å²) in [5.41, 5.74) is 0. The summed E-state index contributed by atoms with van der Waals surface area (Å²) in [6.07, 6.45) is 0. The molecular weight excluding hydrogens is 119 g/mol. The fraction of sp³-hybridized carbons (Fsp3) is 0.667. The molecule has 7 heavy (non-hydrogen) atoms. The zero-order valence-corrected chi connectivity index (χ0v) is 4.83. The lowest BCUT2D eigenvalue weighted by Gasteiger charge is -1.79. The van der Waals surface area contributed by atoms with Gasteiger partial charge in [-0.3, -0.25) is 4.79 Å². The average molecular weight is 129 g/mol. The highest BCUT2D eigenvalue weighted by Gasteiger charge is 1.60. The SMILES string of the molecule is CCOC=O.Cl.O. The molecule has 4 heteroatoms. The molecule has 0 rings (SSSR count). The molecule has 0 spiro atoms. The Balaban J connectivity index is -0.0000000800. The van der Waals surface area contributed by atoms with E-state index in [2.05, 4.69) is 4.74 Å². The van der Waals surface area contributed by atoms with E-state index in [9.17, 15) is 4.79 Å². The maximum absolute atomic E-state index is 9.18. The summed E-state index contributed by atoms with van der Waals surface area (Å²) in [7, 11) is 0. The van der Waals surface area contributed by atoms with Gasteiger partial charge in [-0.05, 0) is 6.92 Å². The van der Waals surface area contributed by atoms with Gasteiger partial charge >= 0.3 is 0 Å². The van der Waals surface area contributed by atoms with E-state index in [0.29, 0.717) is 13.1 Å². The first kappa shape index (κ1) is 15.9. The number of carbonyl (C=O) groups is 1. The summed E-state index contributed by atoms with van der Waals surface area (Å²) in [6.45, 7) is 2.66. The minimum absolute atomic E-state index is 0. The molecule has 0 aromatic rings. The average Bonchev–Trinajstić information content (AvgIpc) is 1.41. The molecule has 0 aliphatic carbocycles. The number of rotatable bonds is 2. The first-order chi connectivity index (χ1) is 2.41. The second kappa shape index (κ2) is 17.2. The lowest BCUT2D eigenvalue weighted by Crippen LogP contribution is -1.80. The van der Waals surface area contributed by atoms with Crippen LogP contribution in [0.1, 0.15) is 6.92 Å². The van der Waals surface area contributed by atoms with Gasteiger partial charge in [0, 0.05) is 0 Å². The van der Waals surface area contributed by atoms with Gasteiger partial charge in [-0.25, -0.2) is 0 Å². The molecule has 3 nitrogen and oxygen atoms in total. The molecule has 0 heterocycles. The first-order valence-corrected chi connectivity index (χ1v) is 1.47. The molecule has 0 saturated heterocycles. The topological polar surface area (TPSA) is 57.8 Å². The van der Waals surface area contributed by atoms with Crippen molar-refractivity contribution in [2.75, 3.05) is 6.61 Å². The van der Waals surface area contributed by atoms with Crippen LogP contribution in [0.5, 0.6) is 0 Å². The number of hydrogen-bond donors (Lipinski definition) is 0. The first-order valence-electron chi connectivity index (χ1n) is 1.47. The maximum Gasteiger partial charge on any atom is 0.293 e. The molecule has 0 fully saturated rings. The van der Waals surface area contributed by atoms with Gasteiger partial charge in [-0.1, -0.05) is 0 Å². The maximum atomic E-state index is 9.18. The van der Waals surface area contributed by atoms with Gasteiger partial charge in [-0.2, -0.15) is 0 Å². The van der Waals surface area contributed by atoms with Gasteiger partial charge in [0.25, 0.3) is 6.47 Å². The third-order valence-electron chi connectivity index (χ3n) is 0.235. The fourth-order valence-corrected chi connectivity index (χ4v) is 0.0680. The quantitative estimate of drug-likeness (QED) is 0.483. The Bertz CT molecular complexity index is 31.4. The number of halogens is 1. The van der Waals surface area contributed by atoms with Crippen molar-refractivity contribution in [1.29, 1.82) is 0 Å². The van der Waals surface area contributed by atoms with E-state index in [1.807, 2.05) is 0 Å². The van der Waals surface area contributed by atoms with Gasteiger partial charge in [-0.15, -0.1) is 12.4 Å². The van der Waals surface area contributed by atoms with Crippen LogP contribution in [-0.4, -0.2) is 18.6 Å². The van der Waals surface area contributed by atoms with Crippen molar-refractivity contribution in [3.63, 3.8) is 0 Å². The summed E-state index contributed by atoms with van der Waals surface area (Å²) in [5.74, 6) is 0. The molecule has 2 N–H and O–H groups in total. The molecule has 0 bridgehead atoms. The van der Waals surface area contributed by atoms with E-state index in [-0.39, 0.29) is 17.9 Å². The van der Waals surface area contributed by atoms with Crippen molar-refractivity contribution in [3.05, 3.63) is 0 Å². The highest BCUT2D eigenvalue weighted by molar-refractivity contribution is 5.85. The van der Waals surface area contributed by atoms with Crippen LogP contribution in [0.25, 0.3) is 0 Å². The van der Waals surface area contributed by atoms with Crippen molar-refractivity contribution in [2.24, 2.45) is 0 Å². The summed E-state index contributed by atoms with van der Waals surface area (Å²) < 4.78 is 4.15. The molecule has 0 unspecified atom stereocenters. The summed E-state index contributed by atoms with van der Waals surface area (Å²) in [4.78, 5) is 9.18. The summed E-state index contributed by atoms with van der Waals surface area (Å²) in [5, 5.41) is 0. The predicted molar refractivity (Wildman–Crippen MR) is 28.6 cm³/mol. The Labute approximate surface area is 48.4 Å². The Kier molecular flexibility index (Phi) is 39.1. The van der Waals surface area contributed by atoms with E-state index >= 15 is 0 Å². The van der Waals surface area contributed by atoms with Crippen molar-refractivity contribution in [1.82, 2.24) is 0 Å². The van der Waals surface area contributed by atoms with Crippen molar-refractivity contribution >= 4 is 18.9 Å². The highest BCUT2D eigenvalue weighted by atomic mass is 35.5. The second-order valence-corrected chi connectivity index (χ2v) is 0.552. The normalized spacial score (nSPS) is 4.71. The van der Waals surface area contributed by atoms with Crippen molar-refractivity contribution in [3.8, 4) is 0 Å². The fourth-order valence-electron chi connectivity index (χ4n) is 0.0680. The Morgan fingerprint density at radius 3 is 2.14 bits per heavy atom. The molecule has 0 atom stereocenters. The minimum atomic E-state index is 0. The summed E-state index contributed by atoms with van der Waals surface area (Å²) in [6, 6.07) is 0. The van der Waals surface area contributed by atoms with E-state index in [0.717, 1.165) is 0 Å². The molecular formula is C3H9ClO3. The molecule has 0 amide bonds. The molecule has 46 valence electrons. The van der Waals surface area contributed by atoms with E-state index in [1.165, 1.54) is 0 Å². The summed E-state index contributed by atoms with van der Waals surface area (Å²) >= 11 is 0. The Morgan fingerprint density at radius 2 is 2.14 bits per heavy atom. The van der Waals surface area contributed by atoms with Crippen LogP contribution in [-0.2, 0) is 9.53 Å². The lowest BCUT2D eigenvalue weighted by molar-refractivity contribution is -0.128. The van der Waals surface area contributed by atoms with E-state index in [4.69, 9.17) is 0 Å². The lowest BCUT2D eigenvalue weighted by atomic mass is 10.9. The van der Waals surface area contributed by atoms with Gasteiger partial charge in [0.1, 0.15) is 0 Å². The van der Waals surface area contributed by atoms with Crippen LogP contribution < -0.4 is 0 Å². The van der Waals surface area contributed by atoms with Crippen LogP contribution >= 0.6 is 12.4 Å². The van der Waals surface area contributed by atoms with Crippen LogP contribution in [0.15, 0.2) is 0 Å².